The molecule has 10 heteroatoms. The number of hydrogen-bond donors (Lipinski definition) is 3. The predicted octanol–water partition coefficient (Wildman–Crippen LogP) is 2.55. The zero-order valence-corrected chi connectivity index (χ0v) is 18.8. The highest BCUT2D eigenvalue weighted by molar-refractivity contribution is 8.24. The number of rotatable bonds is 5. The number of carbonyl (C=O) groups is 1. The molecule has 32 heavy (non-hydrogen) atoms. The molecule has 2 heterocycles. The molecule has 9 nitrogen and oxygen atoms in total. The fraction of sp³-hybridized carbons (Fsp3) is 0.318. The van der Waals surface area contributed by atoms with Crippen LogP contribution in [0.4, 0.5) is 0 Å². The smallest absolute Gasteiger partial charge is 0.274 e. The number of nitrogens with zero attached hydrogens (tertiary/aromatic N) is 3. The van der Waals surface area contributed by atoms with Crippen LogP contribution in [0.15, 0.2) is 47.5 Å². The van der Waals surface area contributed by atoms with Crippen molar-refractivity contribution >= 4 is 27.4 Å². The number of benzene rings is 2. The largest absolute Gasteiger partial charge is 0.299 e. The second-order valence-corrected chi connectivity index (χ2v) is 10.3. The molecule has 0 aliphatic carbocycles. The molecular weight excluding hydrogens is 432 g/mol. The van der Waals surface area contributed by atoms with Gasteiger partial charge in [-0.25, -0.2) is 10.5 Å². The molecule has 0 spiro atoms. The standard InChI is InChI=1S/C22H26N4O5S/c1-15-3-5-17(21(27)24-31-2)12-20(15)26-14-23-19-6-4-16(11-18(19)22(26)28)13-25-7-9-32(29,30)10-8-25/h3-6,11-12,14,29-30H,7-10,13H2,1-2H3,(H,24,27). The van der Waals surface area contributed by atoms with Crippen LogP contribution in [-0.2, 0) is 11.4 Å². The van der Waals surface area contributed by atoms with Crippen molar-refractivity contribution in [2.45, 2.75) is 13.5 Å². The Hall–Kier alpha value is -2.76. The SMILES string of the molecule is CONC(=O)c1ccc(C)c(-n2cnc3ccc(CN4CCS(O)(O)CC4)cc3c2=O)c1. The van der Waals surface area contributed by atoms with Gasteiger partial charge in [0.1, 0.15) is 6.33 Å². The van der Waals surface area contributed by atoms with Gasteiger partial charge in [0.05, 0.1) is 35.2 Å². The summed E-state index contributed by atoms with van der Waals surface area (Å²) in [6.07, 6.45) is 1.47. The van der Waals surface area contributed by atoms with Gasteiger partial charge in [-0.15, -0.1) is 0 Å². The maximum atomic E-state index is 13.3. The van der Waals surface area contributed by atoms with E-state index in [4.69, 9.17) is 4.84 Å². The fourth-order valence-electron chi connectivity index (χ4n) is 3.78. The maximum Gasteiger partial charge on any atom is 0.274 e. The van der Waals surface area contributed by atoms with Crippen LogP contribution in [0, 0.1) is 6.92 Å². The monoisotopic (exact) mass is 458 g/mol. The first-order valence-electron chi connectivity index (χ1n) is 10.2. The van der Waals surface area contributed by atoms with E-state index >= 15 is 0 Å². The van der Waals surface area contributed by atoms with Gasteiger partial charge in [-0.1, -0.05) is 12.1 Å². The van der Waals surface area contributed by atoms with Gasteiger partial charge in [-0.2, -0.15) is 10.6 Å². The van der Waals surface area contributed by atoms with Crippen molar-refractivity contribution in [1.29, 1.82) is 0 Å². The molecule has 1 aliphatic rings. The van der Waals surface area contributed by atoms with Gasteiger partial charge in [-0.05, 0) is 42.3 Å². The Kier molecular flexibility index (Phi) is 6.31. The summed E-state index contributed by atoms with van der Waals surface area (Å²) < 4.78 is 21.1. The molecule has 1 aromatic heterocycles. The quantitative estimate of drug-likeness (QED) is 0.503. The first-order valence-corrected chi connectivity index (χ1v) is 12.1. The molecule has 0 radical (unpaired) electrons. The number of fused-ring (bicyclic) bond motifs is 1. The van der Waals surface area contributed by atoms with E-state index in [2.05, 4.69) is 15.4 Å². The molecule has 3 aromatic rings. The number of hydrogen-bond acceptors (Lipinski definition) is 7. The number of aromatic nitrogens is 2. The highest BCUT2D eigenvalue weighted by Crippen LogP contribution is 2.40. The molecule has 2 aromatic carbocycles. The molecule has 1 saturated heterocycles. The third-order valence-electron chi connectivity index (χ3n) is 5.62. The van der Waals surface area contributed by atoms with Crippen LogP contribution in [0.3, 0.4) is 0 Å². The fourth-order valence-corrected chi connectivity index (χ4v) is 5.09. The molecule has 3 N–H and O–H groups in total. The Morgan fingerprint density at radius 1 is 1.19 bits per heavy atom. The van der Waals surface area contributed by atoms with E-state index in [0.29, 0.717) is 53.3 Å². The van der Waals surface area contributed by atoms with Crippen molar-refractivity contribution in [3.05, 3.63) is 69.8 Å². The number of hydroxylamine groups is 1. The van der Waals surface area contributed by atoms with Crippen LogP contribution in [-0.4, -0.2) is 61.2 Å². The third-order valence-corrected chi connectivity index (χ3v) is 7.30. The van der Waals surface area contributed by atoms with E-state index in [1.165, 1.54) is 18.0 Å². The summed E-state index contributed by atoms with van der Waals surface area (Å²) in [6.45, 7) is 3.69. The normalized spacial score (nSPS) is 17.2. The highest BCUT2D eigenvalue weighted by Gasteiger charge is 2.22. The molecule has 1 fully saturated rings. The lowest BCUT2D eigenvalue weighted by Gasteiger charge is -2.41. The number of nitrogens with one attached hydrogen (secondary N) is 1. The third kappa shape index (κ3) is 4.69. The Bertz CT molecular complexity index is 1220. The van der Waals surface area contributed by atoms with Gasteiger partial charge in [0.15, 0.2) is 0 Å². The van der Waals surface area contributed by atoms with Crippen molar-refractivity contribution in [2.75, 3.05) is 31.7 Å². The predicted molar refractivity (Wildman–Crippen MR) is 124 cm³/mol. The highest BCUT2D eigenvalue weighted by atomic mass is 32.3. The first-order chi connectivity index (χ1) is 15.3. The molecule has 1 amide bonds. The summed E-state index contributed by atoms with van der Waals surface area (Å²) in [4.78, 5) is 36.8. The lowest BCUT2D eigenvalue weighted by molar-refractivity contribution is 0.0537. The van der Waals surface area contributed by atoms with Crippen molar-refractivity contribution in [2.24, 2.45) is 0 Å². The van der Waals surface area contributed by atoms with Gasteiger partial charge in [0.2, 0.25) is 0 Å². The number of aryl methyl sites for hydroxylation is 1. The molecule has 4 rings (SSSR count). The summed E-state index contributed by atoms with van der Waals surface area (Å²) in [5, 5.41) is 0.484. The minimum atomic E-state index is -2.44. The summed E-state index contributed by atoms with van der Waals surface area (Å²) >= 11 is 0. The van der Waals surface area contributed by atoms with Crippen LogP contribution in [0.25, 0.3) is 16.6 Å². The van der Waals surface area contributed by atoms with Crippen molar-refractivity contribution in [1.82, 2.24) is 19.9 Å². The summed E-state index contributed by atoms with van der Waals surface area (Å²) in [6, 6.07) is 10.7. The Balaban J connectivity index is 1.67. The molecule has 1 aliphatic heterocycles. The van der Waals surface area contributed by atoms with Gasteiger partial charge in [0.25, 0.3) is 11.5 Å². The van der Waals surface area contributed by atoms with E-state index in [-0.39, 0.29) is 5.56 Å². The van der Waals surface area contributed by atoms with Crippen LogP contribution >= 0.6 is 10.6 Å². The summed E-state index contributed by atoms with van der Waals surface area (Å²) in [7, 11) is -1.09. The Morgan fingerprint density at radius 2 is 1.94 bits per heavy atom. The van der Waals surface area contributed by atoms with Gasteiger partial charge in [0, 0.05) is 25.2 Å². The number of amides is 1. The Labute approximate surface area is 186 Å². The van der Waals surface area contributed by atoms with E-state index < -0.39 is 16.5 Å². The minimum absolute atomic E-state index is 0.225. The average molecular weight is 459 g/mol. The topological polar surface area (TPSA) is 117 Å². The second-order valence-electron chi connectivity index (χ2n) is 7.89. The van der Waals surface area contributed by atoms with Crippen molar-refractivity contribution < 1.29 is 18.7 Å². The first kappa shape index (κ1) is 22.4. The molecule has 0 saturated carbocycles. The second kappa shape index (κ2) is 9.00. The van der Waals surface area contributed by atoms with Crippen LogP contribution in [0.2, 0.25) is 0 Å². The minimum Gasteiger partial charge on any atom is -0.299 e. The molecule has 0 bridgehead atoms. The average Bonchev–Trinajstić information content (AvgIpc) is 2.77. The zero-order chi connectivity index (χ0) is 22.9. The Morgan fingerprint density at radius 3 is 2.66 bits per heavy atom. The van der Waals surface area contributed by atoms with Crippen LogP contribution in [0.5, 0.6) is 0 Å². The van der Waals surface area contributed by atoms with Crippen LogP contribution in [0.1, 0.15) is 21.5 Å². The van der Waals surface area contributed by atoms with Crippen molar-refractivity contribution in [3.8, 4) is 5.69 Å². The summed E-state index contributed by atoms with van der Waals surface area (Å²) in [5.74, 6) is 0.346. The zero-order valence-electron chi connectivity index (χ0n) is 17.9. The molecular formula is C22H26N4O5S. The van der Waals surface area contributed by atoms with Gasteiger partial charge >= 0.3 is 0 Å². The molecule has 0 atom stereocenters. The number of carbonyl (C=O) groups excluding carboxylic acids is 1. The van der Waals surface area contributed by atoms with Gasteiger partial charge < -0.3 is 0 Å². The molecule has 0 unspecified atom stereocenters. The van der Waals surface area contributed by atoms with Gasteiger partial charge in [-0.3, -0.25) is 33.0 Å². The van der Waals surface area contributed by atoms with E-state index in [1.54, 1.807) is 18.2 Å². The van der Waals surface area contributed by atoms with E-state index in [1.807, 2.05) is 25.1 Å². The summed E-state index contributed by atoms with van der Waals surface area (Å²) in [5.41, 5.74) is 5.36. The molecule has 170 valence electrons. The van der Waals surface area contributed by atoms with E-state index in [0.717, 1.165) is 11.1 Å². The van der Waals surface area contributed by atoms with E-state index in [9.17, 15) is 18.7 Å². The van der Waals surface area contributed by atoms with Crippen LogP contribution < -0.4 is 11.0 Å². The lowest BCUT2D eigenvalue weighted by Crippen LogP contribution is -2.37. The lowest BCUT2D eigenvalue weighted by atomic mass is 10.1. The maximum absolute atomic E-state index is 13.3. The van der Waals surface area contributed by atoms with Crippen molar-refractivity contribution in [3.63, 3.8) is 0 Å².